The van der Waals surface area contributed by atoms with Crippen LogP contribution in [0.15, 0.2) is 76.5 Å². The van der Waals surface area contributed by atoms with E-state index in [9.17, 15) is 23.3 Å². The van der Waals surface area contributed by atoms with E-state index < -0.39 is 20.9 Å². The number of nitrogens with one attached hydrogen (secondary N) is 1. The predicted molar refractivity (Wildman–Crippen MR) is 114 cm³/mol. The van der Waals surface area contributed by atoms with E-state index in [1.54, 1.807) is 42.5 Å². The maximum absolute atomic E-state index is 12.5. The number of carbonyl (C=O) groups is 1. The van der Waals surface area contributed by atoms with Gasteiger partial charge in [-0.25, -0.2) is 13.4 Å². The summed E-state index contributed by atoms with van der Waals surface area (Å²) in [6.45, 7) is 0. The van der Waals surface area contributed by atoms with Crippen molar-refractivity contribution in [2.45, 2.75) is 4.90 Å². The Balaban J connectivity index is 1.72. The van der Waals surface area contributed by atoms with Crippen LogP contribution in [0.3, 0.4) is 0 Å². The van der Waals surface area contributed by atoms with Crippen LogP contribution in [0.2, 0.25) is 0 Å². The standard InChI is InChI=1S/C18H13N3O5S3/c22-17-16(8-4-5-13-9-11-14(12-10-13)21(23)24)28-18(27)20(17)19-29(25,26)15-6-2-1-3-7-15/h1-12,19H/b5-4+,16-8-. The molecule has 29 heavy (non-hydrogen) atoms. The fourth-order valence-corrected chi connectivity index (χ4v) is 4.57. The molecule has 11 heteroatoms. The summed E-state index contributed by atoms with van der Waals surface area (Å²) in [7, 11) is -3.95. The van der Waals surface area contributed by atoms with Crippen LogP contribution in [0.1, 0.15) is 5.56 Å². The molecule has 0 aliphatic carbocycles. The van der Waals surface area contributed by atoms with Gasteiger partial charge in [-0.05, 0) is 35.9 Å². The molecule has 0 atom stereocenters. The molecule has 2 aromatic carbocycles. The van der Waals surface area contributed by atoms with Crippen LogP contribution in [0.4, 0.5) is 5.69 Å². The van der Waals surface area contributed by atoms with Gasteiger partial charge in [-0.15, -0.1) is 4.83 Å². The second kappa shape index (κ2) is 8.66. The number of hydrogen-bond acceptors (Lipinski definition) is 7. The largest absolute Gasteiger partial charge is 0.281 e. The molecule has 148 valence electrons. The second-order valence-electron chi connectivity index (χ2n) is 5.65. The molecule has 8 nitrogen and oxygen atoms in total. The van der Waals surface area contributed by atoms with Gasteiger partial charge >= 0.3 is 0 Å². The van der Waals surface area contributed by atoms with Crippen molar-refractivity contribution in [2.24, 2.45) is 0 Å². The number of non-ortho nitro benzene ring substituents is 1. The molecule has 0 spiro atoms. The SMILES string of the molecule is O=C1/C(=C/C=C/c2ccc([N+](=O)[O-])cc2)SC(=S)N1NS(=O)(=O)c1ccccc1. The lowest BCUT2D eigenvalue weighted by Crippen LogP contribution is -2.44. The van der Waals surface area contributed by atoms with Crippen LogP contribution >= 0.6 is 24.0 Å². The lowest BCUT2D eigenvalue weighted by Gasteiger charge is -2.15. The fraction of sp³-hybridized carbons (Fsp3) is 0. The lowest BCUT2D eigenvalue weighted by atomic mass is 10.2. The molecule has 0 aromatic heterocycles. The summed E-state index contributed by atoms with van der Waals surface area (Å²) >= 11 is 6.07. The zero-order valence-corrected chi connectivity index (χ0v) is 17.0. The molecule has 0 saturated carbocycles. The first kappa shape index (κ1) is 20.9. The van der Waals surface area contributed by atoms with E-state index in [1.807, 2.05) is 0 Å². The van der Waals surface area contributed by atoms with Crippen LogP contribution < -0.4 is 4.83 Å². The van der Waals surface area contributed by atoms with Gasteiger partial charge in [0, 0.05) is 12.1 Å². The highest BCUT2D eigenvalue weighted by atomic mass is 32.2. The van der Waals surface area contributed by atoms with Crippen molar-refractivity contribution in [2.75, 3.05) is 0 Å². The van der Waals surface area contributed by atoms with E-state index in [1.165, 1.54) is 30.3 Å². The van der Waals surface area contributed by atoms with E-state index >= 15 is 0 Å². The summed E-state index contributed by atoms with van der Waals surface area (Å²) in [6, 6.07) is 13.5. The predicted octanol–water partition coefficient (Wildman–Crippen LogP) is 3.25. The summed E-state index contributed by atoms with van der Waals surface area (Å²) in [6.07, 6.45) is 4.74. The van der Waals surface area contributed by atoms with Gasteiger partial charge < -0.3 is 0 Å². The third kappa shape index (κ3) is 4.95. The maximum atomic E-state index is 12.5. The van der Waals surface area contributed by atoms with Gasteiger partial charge in [0.2, 0.25) is 0 Å². The minimum absolute atomic E-state index is 0.0103. The van der Waals surface area contributed by atoms with Crippen LogP contribution in [-0.2, 0) is 14.8 Å². The molecule has 2 aromatic rings. The molecule has 0 bridgehead atoms. The van der Waals surface area contributed by atoms with Crippen LogP contribution in [0.5, 0.6) is 0 Å². The Bertz CT molecular complexity index is 1130. The lowest BCUT2D eigenvalue weighted by molar-refractivity contribution is -0.384. The molecule has 1 aliphatic rings. The molecule has 1 amide bonds. The van der Waals surface area contributed by atoms with Gasteiger partial charge in [-0.3, -0.25) is 14.9 Å². The Kier molecular flexibility index (Phi) is 6.23. The number of carbonyl (C=O) groups excluding carboxylic acids is 1. The maximum Gasteiger partial charge on any atom is 0.281 e. The van der Waals surface area contributed by atoms with E-state index in [4.69, 9.17) is 12.2 Å². The smallest absolute Gasteiger partial charge is 0.267 e. The van der Waals surface area contributed by atoms with Gasteiger partial charge in [0.15, 0.2) is 4.32 Å². The fourth-order valence-electron chi connectivity index (χ4n) is 2.29. The first-order chi connectivity index (χ1) is 13.8. The van der Waals surface area contributed by atoms with Crippen molar-refractivity contribution in [1.82, 2.24) is 9.84 Å². The third-order valence-electron chi connectivity index (χ3n) is 3.70. The molecule has 3 rings (SSSR count). The van der Waals surface area contributed by atoms with Crippen molar-refractivity contribution in [1.29, 1.82) is 0 Å². The average Bonchev–Trinajstić information content (AvgIpc) is 2.96. The zero-order chi connectivity index (χ0) is 21.0. The number of amides is 1. The Hall–Kier alpha value is -2.86. The second-order valence-corrected chi connectivity index (χ2v) is 8.99. The highest BCUT2D eigenvalue weighted by molar-refractivity contribution is 8.26. The Morgan fingerprint density at radius 3 is 2.38 bits per heavy atom. The number of rotatable bonds is 6. The first-order valence-electron chi connectivity index (χ1n) is 8.04. The quantitative estimate of drug-likeness (QED) is 0.313. The minimum atomic E-state index is -3.95. The number of hydrazine groups is 1. The molecule has 0 radical (unpaired) electrons. The van der Waals surface area contributed by atoms with Crippen molar-refractivity contribution in [3.05, 3.63) is 87.3 Å². The number of hydrogen-bond donors (Lipinski definition) is 1. The van der Waals surface area contributed by atoms with Gasteiger partial charge in [0.05, 0.1) is 14.7 Å². The average molecular weight is 448 g/mol. The summed E-state index contributed by atoms with van der Waals surface area (Å²) < 4.78 is 24.9. The van der Waals surface area contributed by atoms with Gasteiger partial charge in [0.1, 0.15) is 0 Å². The van der Waals surface area contributed by atoms with Gasteiger partial charge in [-0.1, -0.05) is 54.3 Å². The number of nitrogens with zero attached hydrogens (tertiary/aromatic N) is 2. The number of thioether (sulfide) groups is 1. The van der Waals surface area contributed by atoms with Crippen molar-refractivity contribution in [3.8, 4) is 0 Å². The number of nitro benzene ring substituents is 1. The number of sulfonamides is 1. The molecule has 1 aliphatic heterocycles. The molecular formula is C18H13N3O5S3. The van der Waals surface area contributed by atoms with E-state index in [-0.39, 0.29) is 19.8 Å². The Labute approximate surface area is 176 Å². The van der Waals surface area contributed by atoms with E-state index in [0.717, 1.165) is 16.8 Å². The van der Waals surface area contributed by atoms with Gasteiger partial charge in [-0.2, -0.15) is 0 Å². The molecular weight excluding hydrogens is 434 g/mol. The Morgan fingerprint density at radius 2 is 1.76 bits per heavy atom. The van der Waals surface area contributed by atoms with Crippen LogP contribution in [0, 0.1) is 10.1 Å². The zero-order valence-electron chi connectivity index (χ0n) is 14.6. The van der Waals surface area contributed by atoms with E-state index in [2.05, 4.69) is 4.83 Å². The number of nitro groups is 1. The highest BCUT2D eigenvalue weighted by Gasteiger charge is 2.35. The summed E-state index contributed by atoms with van der Waals surface area (Å²) in [4.78, 5) is 25.1. The van der Waals surface area contributed by atoms with Crippen molar-refractivity contribution < 1.29 is 18.1 Å². The third-order valence-corrected chi connectivity index (χ3v) is 6.33. The Morgan fingerprint density at radius 1 is 1.10 bits per heavy atom. The summed E-state index contributed by atoms with van der Waals surface area (Å²) in [5.41, 5.74) is 0.681. The molecule has 1 heterocycles. The number of thiocarbonyl (C=S) groups is 1. The molecule has 1 saturated heterocycles. The van der Waals surface area contributed by atoms with Crippen molar-refractivity contribution >= 4 is 56.0 Å². The number of allylic oxidation sites excluding steroid dienone is 2. The normalized spacial score (nSPS) is 16.1. The highest BCUT2D eigenvalue weighted by Crippen LogP contribution is 2.30. The topological polar surface area (TPSA) is 110 Å². The monoisotopic (exact) mass is 447 g/mol. The van der Waals surface area contributed by atoms with Crippen LogP contribution in [-0.4, -0.2) is 28.6 Å². The van der Waals surface area contributed by atoms with Crippen LogP contribution in [0.25, 0.3) is 6.08 Å². The number of benzene rings is 2. The first-order valence-corrected chi connectivity index (χ1v) is 10.8. The molecule has 1 fully saturated rings. The summed E-state index contributed by atoms with van der Waals surface area (Å²) in [5, 5.41) is 11.5. The minimum Gasteiger partial charge on any atom is -0.267 e. The van der Waals surface area contributed by atoms with Gasteiger partial charge in [0.25, 0.3) is 21.6 Å². The molecule has 0 unspecified atom stereocenters. The molecule has 1 N–H and O–H groups in total. The summed E-state index contributed by atoms with van der Waals surface area (Å²) in [5.74, 6) is -0.590. The van der Waals surface area contributed by atoms with E-state index in [0.29, 0.717) is 5.56 Å². The van der Waals surface area contributed by atoms with Crippen molar-refractivity contribution in [3.63, 3.8) is 0 Å².